The minimum Gasteiger partial charge on any atom is -0.394 e. The molecule has 0 aromatic heterocycles. The fourth-order valence-corrected chi connectivity index (χ4v) is 3.06. The third-order valence-electron chi connectivity index (χ3n) is 4.25. The van der Waals surface area contributed by atoms with E-state index in [1.807, 2.05) is 20.8 Å². The summed E-state index contributed by atoms with van der Waals surface area (Å²) in [7, 11) is 0. The highest BCUT2D eigenvalue weighted by Gasteiger charge is 2.48. The van der Waals surface area contributed by atoms with Crippen molar-refractivity contribution in [2.24, 2.45) is 0 Å². The van der Waals surface area contributed by atoms with Gasteiger partial charge in [-0.15, -0.1) is 0 Å². The Labute approximate surface area is 166 Å². The van der Waals surface area contributed by atoms with Gasteiger partial charge in [-0.25, -0.2) is 0 Å². The Morgan fingerprint density at radius 3 is 2.07 bits per heavy atom. The fraction of sp³-hybridized carbons (Fsp3) is 0.947. The van der Waals surface area contributed by atoms with E-state index in [0.29, 0.717) is 0 Å². The molecule has 0 aliphatic carbocycles. The van der Waals surface area contributed by atoms with Gasteiger partial charge >= 0.3 is 0 Å². The first-order valence-electron chi connectivity index (χ1n) is 9.59. The van der Waals surface area contributed by atoms with E-state index in [2.05, 4.69) is 0 Å². The van der Waals surface area contributed by atoms with Crippen molar-refractivity contribution in [2.75, 3.05) is 13.2 Å². The van der Waals surface area contributed by atoms with Crippen LogP contribution in [0.15, 0.2) is 0 Å². The van der Waals surface area contributed by atoms with Crippen molar-refractivity contribution in [2.45, 2.75) is 102 Å². The maximum absolute atomic E-state index is 10.5. The van der Waals surface area contributed by atoms with Gasteiger partial charge in [-0.3, -0.25) is 0 Å². The number of rotatable bonds is 5. The smallest absolute Gasteiger partial charge is 0.187 e. The van der Waals surface area contributed by atoms with Gasteiger partial charge in [0.2, 0.25) is 0 Å². The van der Waals surface area contributed by atoms with E-state index in [9.17, 15) is 20.4 Å². The summed E-state index contributed by atoms with van der Waals surface area (Å²) in [6, 6.07) is 0. The Balaban J connectivity index is 1.97. The van der Waals surface area contributed by atoms with Crippen LogP contribution in [-0.2, 0) is 23.7 Å². The topological polar surface area (TPSA) is 127 Å². The van der Waals surface area contributed by atoms with Crippen LogP contribution in [0.5, 0.6) is 0 Å². The van der Waals surface area contributed by atoms with Crippen LogP contribution in [0.2, 0.25) is 0 Å². The van der Waals surface area contributed by atoms with E-state index in [0.717, 1.165) is 0 Å². The molecule has 165 valence electrons. The molecule has 2 fully saturated rings. The van der Waals surface area contributed by atoms with E-state index >= 15 is 0 Å². The van der Waals surface area contributed by atoms with Crippen LogP contribution in [0.3, 0.4) is 0 Å². The maximum Gasteiger partial charge on any atom is 0.187 e. The van der Waals surface area contributed by atoms with Gasteiger partial charge in [-0.05, 0) is 41.5 Å². The Morgan fingerprint density at radius 1 is 0.964 bits per heavy atom. The Hall–Kier alpha value is -0.360. The molecule has 9 heteroatoms. The molecule has 2 rings (SSSR count). The zero-order valence-corrected chi connectivity index (χ0v) is 17.4. The summed E-state index contributed by atoms with van der Waals surface area (Å²) < 4.78 is 28.2. The molecule has 9 nitrogen and oxygen atoms in total. The van der Waals surface area contributed by atoms with Gasteiger partial charge in [0, 0.05) is 6.42 Å². The SMILES string of the molecule is CC(C)(C)OC1[CH]C(O)C(OC2OC(CO)C(OC(C)(C)C)C(O)C2O)CO1. The highest BCUT2D eigenvalue weighted by molar-refractivity contribution is 4.95. The van der Waals surface area contributed by atoms with Crippen molar-refractivity contribution in [3.8, 4) is 0 Å². The molecule has 28 heavy (non-hydrogen) atoms. The molecule has 1 radical (unpaired) electrons. The highest BCUT2D eigenvalue weighted by Crippen LogP contribution is 2.30. The van der Waals surface area contributed by atoms with Gasteiger partial charge in [0.15, 0.2) is 12.6 Å². The normalized spacial score (nSPS) is 40.5. The minimum absolute atomic E-state index is 0.00675. The third kappa shape index (κ3) is 6.58. The second-order valence-corrected chi connectivity index (χ2v) is 9.19. The van der Waals surface area contributed by atoms with Crippen LogP contribution in [0.4, 0.5) is 0 Å². The molecule has 0 amide bonds. The number of aliphatic hydroxyl groups is 4. The summed E-state index contributed by atoms with van der Waals surface area (Å²) in [6.07, 6.45) is -6.93. The van der Waals surface area contributed by atoms with Gasteiger partial charge in [0.1, 0.15) is 30.5 Å². The maximum atomic E-state index is 10.5. The Bertz CT molecular complexity index is 485. The standard InChI is InChI=1S/C19H35O9/c1-18(2,3)27-13-7-10(21)12(9-24-13)26-17-15(23)14(22)16(11(8-20)25-17)28-19(4,5)6/h7,10-17,20-23H,8-9H2,1-6H3. The van der Waals surface area contributed by atoms with Crippen molar-refractivity contribution < 1.29 is 44.1 Å². The summed E-state index contributed by atoms with van der Waals surface area (Å²) in [5.41, 5.74) is -1.06. The summed E-state index contributed by atoms with van der Waals surface area (Å²) in [5, 5.41) is 40.9. The number of aliphatic hydroxyl groups excluding tert-OH is 4. The monoisotopic (exact) mass is 407 g/mol. The first-order valence-corrected chi connectivity index (χ1v) is 9.59. The molecule has 2 aliphatic rings. The molecule has 0 aromatic carbocycles. The average Bonchev–Trinajstić information content (AvgIpc) is 2.54. The molecule has 2 saturated heterocycles. The van der Waals surface area contributed by atoms with Crippen molar-refractivity contribution in [3.05, 3.63) is 6.42 Å². The van der Waals surface area contributed by atoms with Crippen LogP contribution >= 0.6 is 0 Å². The first kappa shape index (κ1) is 23.9. The molecular formula is C19H35O9. The summed E-state index contributed by atoms with van der Waals surface area (Å²) in [5.74, 6) is 0. The Kier molecular flexibility index (Phi) is 7.85. The van der Waals surface area contributed by atoms with Crippen molar-refractivity contribution >= 4 is 0 Å². The lowest BCUT2D eigenvalue weighted by molar-refractivity contribution is -0.339. The summed E-state index contributed by atoms with van der Waals surface area (Å²) in [6.45, 7) is 10.6. The second-order valence-electron chi connectivity index (χ2n) is 9.19. The predicted octanol–water partition coefficient (Wildman–Crippen LogP) is -0.269. The van der Waals surface area contributed by atoms with Crippen LogP contribution in [0, 0.1) is 6.42 Å². The van der Waals surface area contributed by atoms with Gasteiger partial charge in [-0.1, -0.05) is 0 Å². The van der Waals surface area contributed by atoms with E-state index in [1.54, 1.807) is 20.8 Å². The molecule has 0 aromatic rings. The molecule has 8 atom stereocenters. The van der Waals surface area contributed by atoms with Gasteiger partial charge in [0.25, 0.3) is 0 Å². The number of ether oxygens (including phenoxy) is 5. The number of hydrogen-bond donors (Lipinski definition) is 4. The molecule has 4 N–H and O–H groups in total. The zero-order chi connectivity index (χ0) is 21.3. The lowest BCUT2D eigenvalue weighted by Gasteiger charge is -2.45. The number of hydrogen-bond acceptors (Lipinski definition) is 9. The summed E-state index contributed by atoms with van der Waals surface area (Å²) >= 11 is 0. The average molecular weight is 407 g/mol. The minimum atomic E-state index is -1.43. The largest absolute Gasteiger partial charge is 0.394 e. The molecule has 0 saturated carbocycles. The molecule has 8 unspecified atom stereocenters. The van der Waals surface area contributed by atoms with E-state index in [1.165, 1.54) is 6.42 Å². The quantitative estimate of drug-likeness (QED) is 0.487. The lowest BCUT2D eigenvalue weighted by atomic mass is 9.97. The van der Waals surface area contributed by atoms with Crippen LogP contribution < -0.4 is 0 Å². The highest BCUT2D eigenvalue weighted by atomic mass is 16.7. The summed E-state index contributed by atoms with van der Waals surface area (Å²) in [4.78, 5) is 0. The van der Waals surface area contributed by atoms with Gasteiger partial charge in [-0.2, -0.15) is 0 Å². The predicted molar refractivity (Wildman–Crippen MR) is 98.1 cm³/mol. The molecule has 2 aliphatic heterocycles. The second kappa shape index (κ2) is 9.20. The fourth-order valence-electron chi connectivity index (χ4n) is 3.06. The molecule has 2 heterocycles. The first-order chi connectivity index (χ1) is 12.8. The lowest BCUT2D eigenvalue weighted by Crippen LogP contribution is -2.62. The van der Waals surface area contributed by atoms with Gasteiger partial charge < -0.3 is 44.1 Å². The van der Waals surface area contributed by atoms with Gasteiger partial charge in [0.05, 0.1) is 30.5 Å². The van der Waals surface area contributed by atoms with Crippen molar-refractivity contribution in [1.82, 2.24) is 0 Å². The van der Waals surface area contributed by atoms with Crippen LogP contribution in [-0.4, -0.2) is 94.0 Å². The van der Waals surface area contributed by atoms with E-state index < -0.39 is 67.0 Å². The third-order valence-corrected chi connectivity index (χ3v) is 4.25. The van der Waals surface area contributed by atoms with Crippen molar-refractivity contribution in [1.29, 1.82) is 0 Å². The zero-order valence-electron chi connectivity index (χ0n) is 17.4. The van der Waals surface area contributed by atoms with E-state index in [-0.39, 0.29) is 6.61 Å². The van der Waals surface area contributed by atoms with Crippen molar-refractivity contribution in [3.63, 3.8) is 0 Å². The van der Waals surface area contributed by atoms with E-state index in [4.69, 9.17) is 23.7 Å². The van der Waals surface area contributed by atoms with Crippen LogP contribution in [0.1, 0.15) is 41.5 Å². The molecular weight excluding hydrogens is 372 g/mol. The Morgan fingerprint density at radius 2 is 1.57 bits per heavy atom. The van der Waals surface area contributed by atoms with Crippen LogP contribution in [0.25, 0.3) is 0 Å². The molecule has 0 spiro atoms. The molecule has 0 bridgehead atoms.